The molecule has 2 aromatic carbocycles. The van der Waals surface area contributed by atoms with E-state index in [0.29, 0.717) is 18.2 Å². The molecule has 122 valence electrons. The van der Waals surface area contributed by atoms with Crippen molar-refractivity contribution < 1.29 is 9.47 Å². The molecule has 0 atom stereocenters. The molecule has 2 bridgehead atoms. The zero-order valence-corrected chi connectivity index (χ0v) is 13.4. The van der Waals surface area contributed by atoms with Crippen LogP contribution in [0.25, 0.3) is 17.0 Å². The van der Waals surface area contributed by atoms with Gasteiger partial charge in [-0.3, -0.25) is 0 Å². The summed E-state index contributed by atoms with van der Waals surface area (Å²) >= 11 is 0. The standard InChI is InChI=1S/C20H15N3O2/c1-2-6-18-15(5-1)9-12-24-10-3-4-11-25-16-7-8-19-17(13-16)20(23-18)22-14-21-19/h1-11,13-14H,12H2/b10-3+,11-4+,15-9?,23-18?. The maximum absolute atomic E-state index is 5.62. The Morgan fingerprint density at radius 3 is 2.84 bits per heavy atom. The smallest absolute Gasteiger partial charge is 0.163 e. The SMILES string of the molecule is C1=c2ccccc2=Nc2ncnc3ccc(cc23)O/C=C/C=C/OC1. The van der Waals surface area contributed by atoms with Gasteiger partial charge < -0.3 is 9.47 Å². The van der Waals surface area contributed by atoms with Crippen LogP contribution in [0, 0.1) is 0 Å². The lowest BCUT2D eigenvalue weighted by Crippen LogP contribution is -2.24. The number of hydrogen-bond donors (Lipinski definition) is 0. The summed E-state index contributed by atoms with van der Waals surface area (Å²) in [5.41, 5.74) is 0.819. The number of hydrogen-bond acceptors (Lipinski definition) is 5. The van der Waals surface area contributed by atoms with E-state index in [2.05, 4.69) is 9.97 Å². The lowest BCUT2D eigenvalue weighted by molar-refractivity contribution is 0.300. The van der Waals surface area contributed by atoms with Crippen molar-refractivity contribution in [3.05, 3.63) is 84.0 Å². The van der Waals surface area contributed by atoms with Crippen LogP contribution in [0.4, 0.5) is 5.82 Å². The summed E-state index contributed by atoms with van der Waals surface area (Å²) in [4.78, 5) is 13.4. The normalized spacial score (nSPS) is 16.2. The van der Waals surface area contributed by atoms with Crippen LogP contribution in [0.1, 0.15) is 0 Å². The molecule has 2 heterocycles. The van der Waals surface area contributed by atoms with Crippen LogP contribution in [0.3, 0.4) is 0 Å². The largest absolute Gasteiger partial charge is 0.497 e. The highest BCUT2D eigenvalue weighted by Gasteiger charge is 2.04. The number of aromatic nitrogens is 2. The highest BCUT2D eigenvalue weighted by atomic mass is 16.5. The summed E-state index contributed by atoms with van der Waals surface area (Å²) in [6, 6.07) is 13.5. The monoisotopic (exact) mass is 329 g/mol. The molecule has 3 aromatic rings. The molecular formula is C20H15N3O2. The summed E-state index contributed by atoms with van der Waals surface area (Å²) in [5, 5.41) is 2.65. The molecule has 0 radical (unpaired) electrons. The molecular weight excluding hydrogens is 314 g/mol. The first-order valence-corrected chi connectivity index (χ1v) is 7.89. The van der Waals surface area contributed by atoms with E-state index in [9.17, 15) is 0 Å². The Kier molecular flexibility index (Phi) is 4.20. The minimum Gasteiger partial charge on any atom is -0.497 e. The van der Waals surface area contributed by atoms with Crippen LogP contribution < -0.4 is 15.3 Å². The van der Waals surface area contributed by atoms with Gasteiger partial charge in [0.1, 0.15) is 18.7 Å². The zero-order chi connectivity index (χ0) is 16.9. The van der Waals surface area contributed by atoms with Crippen molar-refractivity contribution >= 4 is 22.8 Å². The van der Waals surface area contributed by atoms with Crippen molar-refractivity contribution in [3.63, 3.8) is 0 Å². The van der Waals surface area contributed by atoms with Crippen LogP contribution in [0.2, 0.25) is 0 Å². The van der Waals surface area contributed by atoms with E-state index in [1.807, 2.05) is 48.5 Å². The fourth-order valence-electron chi connectivity index (χ4n) is 2.52. The Morgan fingerprint density at radius 1 is 0.920 bits per heavy atom. The second-order valence-corrected chi connectivity index (χ2v) is 5.36. The molecule has 5 heteroatoms. The molecule has 0 amide bonds. The van der Waals surface area contributed by atoms with Crippen molar-refractivity contribution in [3.8, 4) is 5.75 Å². The van der Waals surface area contributed by atoms with Crippen molar-refractivity contribution in [1.82, 2.24) is 9.97 Å². The summed E-state index contributed by atoms with van der Waals surface area (Å²) in [6.07, 6.45) is 10.3. The average Bonchev–Trinajstić information content (AvgIpc) is 2.65. The number of benzene rings is 2. The number of nitrogens with zero attached hydrogens (tertiary/aromatic N) is 3. The van der Waals surface area contributed by atoms with Crippen LogP contribution in [-0.2, 0) is 4.74 Å². The number of fused-ring (bicyclic) bond motifs is 2. The molecule has 0 unspecified atom stereocenters. The second kappa shape index (κ2) is 6.97. The molecule has 1 aliphatic rings. The van der Waals surface area contributed by atoms with Gasteiger partial charge in [-0.2, -0.15) is 0 Å². The van der Waals surface area contributed by atoms with E-state index >= 15 is 0 Å². The highest BCUT2D eigenvalue weighted by molar-refractivity contribution is 5.88. The first-order valence-electron chi connectivity index (χ1n) is 7.89. The van der Waals surface area contributed by atoms with Crippen molar-refractivity contribution in [2.75, 3.05) is 6.61 Å². The van der Waals surface area contributed by atoms with E-state index in [1.165, 1.54) is 6.33 Å². The second-order valence-electron chi connectivity index (χ2n) is 5.36. The quantitative estimate of drug-likeness (QED) is 0.636. The van der Waals surface area contributed by atoms with Crippen molar-refractivity contribution in [1.29, 1.82) is 0 Å². The Bertz CT molecular complexity index is 1090. The minimum atomic E-state index is 0.449. The third-order valence-corrected chi connectivity index (χ3v) is 3.72. The van der Waals surface area contributed by atoms with Crippen molar-refractivity contribution in [2.45, 2.75) is 0 Å². The van der Waals surface area contributed by atoms with Crippen LogP contribution in [0.15, 0.2) is 78.5 Å². The molecule has 25 heavy (non-hydrogen) atoms. The molecule has 0 fully saturated rings. The first kappa shape index (κ1) is 15.1. The zero-order valence-electron chi connectivity index (χ0n) is 13.4. The summed E-state index contributed by atoms with van der Waals surface area (Å²) in [6.45, 7) is 0.449. The maximum Gasteiger partial charge on any atom is 0.163 e. The third-order valence-electron chi connectivity index (χ3n) is 3.72. The van der Waals surface area contributed by atoms with E-state index in [-0.39, 0.29) is 0 Å². The number of rotatable bonds is 0. The van der Waals surface area contributed by atoms with Gasteiger partial charge in [0.2, 0.25) is 0 Å². The lowest BCUT2D eigenvalue weighted by Gasteiger charge is -2.04. The molecule has 0 N–H and O–H groups in total. The summed E-state index contributed by atoms with van der Waals surface area (Å²) in [5.74, 6) is 1.30. The molecule has 4 rings (SSSR count). The third kappa shape index (κ3) is 3.40. The average molecular weight is 329 g/mol. The topological polar surface area (TPSA) is 56.6 Å². The van der Waals surface area contributed by atoms with Crippen LogP contribution in [0.5, 0.6) is 5.75 Å². The van der Waals surface area contributed by atoms with E-state index in [4.69, 9.17) is 14.5 Å². The summed E-state index contributed by atoms with van der Waals surface area (Å²) in [7, 11) is 0. The summed E-state index contributed by atoms with van der Waals surface area (Å²) < 4.78 is 11.1. The van der Waals surface area contributed by atoms with Gasteiger partial charge in [0.15, 0.2) is 5.82 Å². The molecule has 0 aliphatic carbocycles. The van der Waals surface area contributed by atoms with Gasteiger partial charge in [-0.05, 0) is 47.7 Å². The maximum atomic E-state index is 5.62. The molecule has 1 aromatic heterocycles. The van der Waals surface area contributed by atoms with Gasteiger partial charge in [-0.15, -0.1) is 0 Å². The molecule has 0 spiro atoms. The Balaban J connectivity index is 1.98. The van der Waals surface area contributed by atoms with Gasteiger partial charge in [-0.25, -0.2) is 15.0 Å². The molecule has 1 aliphatic heterocycles. The van der Waals surface area contributed by atoms with E-state index in [0.717, 1.165) is 21.5 Å². The molecule has 5 nitrogen and oxygen atoms in total. The van der Waals surface area contributed by atoms with Gasteiger partial charge in [0, 0.05) is 5.39 Å². The minimum absolute atomic E-state index is 0.449. The van der Waals surface area contributed by atoms with E-state index < -0.39 is 0 Å². The highest BCUT2D eigenvalue weighted by Crippen LogP contribution is 2.25. The first-order chi connectivity index (χ1) is 12.4. The Hall–Kier alpha value is -3.47. The Labute approximate surface area is 144 Å². The van der Waals surface area contributed by atoms with Crippen LogP contribution >= 0.6 is 0 Å². The molecule has 0 saturated carbocycles. The van der Waals surface area contributed by atoms with Gasteiger partial charge in [0.05, 0.1) is 23.4 Å². The van der Waals surface area contributed by atoms with Gasteiger partial charge in [0.25, 0.3) is 0 Å². The Morgan fingerprint density at radius 2 is 1.84 bits per heavy atom. The predicted octanol–water partition coefficient (Wildman–Crippen LogP) is 2.80. The fourth-order valence-corrected chi connectivity index (χ4v) is 2.52. The van der Waals surface area contributed by atoms with Gasteiger partial charge in [-0.1, -0.05) is 18.2 Å². The van der Waals surface area contributed by atoms with E-state index in [1.54, 1.807) is 24.7 Å². The van der Waals surface area contributed by atoms with Gasteiger partial charge >= 0.3 is 0 Å². The van der Waals surface area contributed by atoms with Crippen LogP contribution in [-0.4, -0.2) is 16.6 Å². The fraction of sp³-hybridized carbons (Fsp3) is 0.0500. The number of para-hydroxylation sites is 1. The molecule has 0 saturated heterocycles. The number of ether oxygens (including phenoxy) is 2. The van der Waals surface area contributed by atoms with Crippen molar-refractivity contribution in [2.24, 2.45) is 4.99 Å². The number of allylic oxidation sites excluding steroid dienone is 2. The lowest BCUT2D eigenvalue weighted by atomic mass is 10.2. The predicted molar refractivity (Wildman–Crippen MR) is 95.7 cm³/mol.